The number of anilines is 1. The first-order chi connectivity index (χ1) is 14.4. The van der Waals surface area contributed by atoms with Crippen LogP contribution < -0.4 is 10.7 Å². The molecular formula is C22H25N5O3. The molecule has 3 aromatic rings. The summed E-state index contributed by atoms with van der Waals surface area (Å²) in [6, 6.07) is 6.08. The summed E-state index contributed by atoms with van der Waals surface area (Å²) < 4.78 is 1.69. The van der Waals surface area contributed by atoms with Gasteiger partial charge < -0.3 is 19.9 Å². The first-order valence-electron chi connectivity index (χ1n) is 10.1. The van der Waals surface area contributed by atoms with Gasteiger partial charge in [0.1, 0.15) is 5.56 Å². The second kappa shape index (κ2) is 8.23. The van der Waals surface area contributed by atoms with E-state index in [-0.39, 0.29) is 10.9 Å². The molecule has 156 valence electrons. The smallest absolute Gasteiger partial charge is 0.341 e. The van der Waals surface area contributed by atoms with Gasteiger partial charge >= 0.3 is 5.97 Å². The maximum Gasteiger partial charge on any atom is 0.341 e. The number of nitrogens with one attached hydrogen (secondary N) is 1. The lowest BCUT2D eigenvalue weighted by molar-refractivity contribution is 0.0695. The van der Waals surface area contributed by atoms with Crippen molar-refractivity contribution in [1.29, 1.82) is 0 Å². The number of aromatic nitrogens is 3. The Morgan fingerprint density at radius 3 is 2.83 bits per heavy atom. The number of hydrogen-bond acceptors (Lipinski definition) is 6. The molecule has 0 spiro atoms. The Hall–Kier alpha value is -3.26. The normalized spacial score (nSPS) is 13.0. The van der Waals surface area contributed by atoms with Crippen LogP contribution in [0.5, 0.6) is 0 Å². The fourth-order valence-corrected chi connectivity index (χ4v) is 3.85. The molecule has 0 unspecified atom stereocenters. The van der Waals surface area contributed by atoms with E-state index in [9.17, 15) is 14.7 Å². The van der Waals surface area contributed by atoms with Crippen molar-refractivity contribution in [3.8, 4) is 5.69 Å². The van der Waals surface area contributed by atoms with Crippen LogP contribution in [0.25, 0.3) is 16.7 Å². The Morgan fingerprint density at radius 1 is 1.27 bits per heavy atom. The maximum absolute atomic E-state index is 12.7. The van der Waals surface area contributed by atoms with E-state index in [1.165, 1.54) is 23.5 Å². The van der Waals surface area contributed by atoms with Crippen LogP contribution in [0.2, 0.25) is 0 Å². The molecule has 0 saturated heterocycles. The molecule has 2 aromatic heterocycles. The van der Waals surface area contributed by atoms with Gasteiger partial charge in [-0.15, -0.1) is 0 Å². The number of nitrogens with zero attached hydrogens (tertiary/aromatic N) is 4. The van der Waals surface area contributed by atoms with E-state index in [1.807, 2.05) is 20.2 Å². The highest BCUT2D eigenvalue weighted by molar-refractivity contribution is 5.92. The van der Waals surface area contributed by atoms with Crippen molar-refractivity contribution in [2.45, 2.75) is 25.7 Å². The third kappa shape index (κ3) is 3.91. The van der Waals surface area contributed by atoms with E-state index in [4.69, 9.17) is 0 Å². The van der Waals surface area contributed by atoms with Crippen molar-refractivity contribution in [1.82, 2.24) is 19.4 Å². The van der Waals surface area contributed by atoms with Gasteiger partial charge in [0, 0.05) is 24.6 Å². The topological polar surface area (TPSA) is 100 Å². The summed E-state index contributed by atoms with van der Waals surface area (Å²) in [6.45, 7) is 1.63. The Labute approximate surface area is 174 Å². The summed E-state index contributed by atoms with van der Waals surface area (Å²) in [7, 11) is 4.03. The molecule has 0 aliphatic heterocycles. The number of carboxylic acid groups (broad SMARTS) is 1. The zero-order valence-electron chi connectivity index (χ0n) is 17.2. The van der Waals surface area contributed by atoms with Crippen molar-refractivity contribution in [3.63, 3.8) is 0 Å². The number of carbonyl (C=O) groups is 1. The molecular weight excluding hydrogens is 382 g/mol. The van der Waals surface area contributed by atoms with Gasteiger partial charge in [-0.1, -0.05) is 6.07 Å². The van der Waals surface area contributed by atoms with Crippen LogP contribution >= 0.6 is 0 Å². The second-order valence-electron chi connectivity index (χ2n) is 7.87. The largest absolute Gasteiger partial charge is 0.477 e. The first-order valence-corrected chi connectivity index (χ1v) is 10.1. The zero-order valence-corrected chi connectivity index (χ0v) is 17.2. The van der Waals surface area contributed by atoms with E-state index in [0.717, 1.165) is 37.9 Å². The van der Waals surface area contributed by atoms with Crippen LogP contribution in [0.3, 0.4) is 0 Å². The molecule has 0 atom stereocenters. The average molecular weight is 407 g/mol. The van der Waals surface area contributed by atoms with Crippen molar-refractivity contribution in [3.05, 3.63) is 57.5 Å². The number of hydrogen-bond donors (Lipinski definition) is 2. The highest BCUT2D eigenvalue weighted by atomic mass is 16.4. The molecule has 2 heterocycles. The molecule has 2 N–H and O–H groups in total. The van der Waals surface area contributed by atoms with Crippen molar-refractivity contribution in [2.24, 2.45) is 0 Å². The number of fused-ring (bicyclic) bond motifs is 2. The summed E-state index contributed by atoms with van der Waals surface area (Å²) in [5, 5.41) is 12.9. The Kier molecular flexibility index (Phi) is 5.50. The SMILES string of the molecule is CN(C)CCCNc1ncc2c(=O)c(C(=O)O)cn(-c3ccc4c(c3)CCC4)c2n1. The highest BCUT2D eigenvalue weighted by Gasteiger charge is 2.19. The Balaban J connectivity index is 1.80. The fraction of sp³-hybridized carbons (Fsp3) is 0.364. The minimum absolute atomic E-state index is 0.189. The van der Waals surface area contributed by atoms with Crippen LogP contribution in [-0.2, 0) is 12.8 Å². The molecule has 0 radical (unpaired) electrons. The monoisotopic (exact) mass is 407 g/mol. The number of rotatable bonds is 7. The van der Waals surface area contributed by atoms with Crippen LogP contribution in [0.1, 0.15) is 34.3 Å². The van der Waals surface area contributed by atoms with Gasteiger partial charge in [-0.2, -0.15) is 4.98 Å². The summed E-state index contributed by atoms with van der Waals surface area (Å²) in [6.07, 6.45) is 6.88. The first kappa shape index (κ1) is 20.0. The molecule has 4 rings (SSSR count). The van der Waals surface area contributed by atoms with Crippen LogP contribution in [0.15, 0.2) is 35.4 Å². The van der Waals surface area contributed by atoms with Gasteiger partial charge in [0.2, 0.25) is 11.4 Å². The quantitative estimate of drug-likeness (QED) is 0.580. The molecule has 8 nitrogen and oxygen atoms in total. The molecule has 1 aliphatic rings. The van der Waals surface area contributed by atoms with E-state index in [0.29, 0.717) is 18.1 Å². The van der Waals surface area contributed by atoms with Crippen molar-refractivity contribution >= 4 is 23.0 Å². The van der Waals surface area contributed by atoms with Crippen molar-refractivity contribution in [2.75, 3.05) is 32.5 Å². The van der Waals surface area contributed by atoms with Gasteiger partial charge in [-0.05, 0) is 69.6 Å². The Bertz CT molecular complexity index is 1170. The van der Waals surface area contributed by atoms with Crippen LogP contribution in [0.4, 0.5) is 5.95 Å². The molecule has 8 heteroatoms. The summed E-state index contributed by atoms with van der Waals surface area (Å²) in [5.74, 6) is -0.846. The number of carboxylic acids is 1. The zero-order chi connectivity index (χ0) is 21.3. The maximum atomic E-state index is 12.7. The minimum atomic E-state index is -1.26. The van der Waals surface area contributed by atoms with Crippen molar-refractivity contribution < 1.29 is 9.90 Å². The predicted octanol–water partition coefficient (Wildman–Crippen LogP) is 2.33. The third-order valence-electron chi connectivity index (χ3n) is 5.40. The van der Waals surface area contributed by atoms with Gasteiger partial charge in [0.15, 0.2) is 5.65 Å². The highest BCUT2D eigenvalue weighted by Crippen LogP contribution is 2.26. The standard InChI is InChI=1S/C22H25N5O3/c1-26(2)10-4-9-23-22-24-12-17-19(28)18(21(29)30)13-27(20(17)25-22)16-8-7-14-5-3-6-15(14)11-16/h7-8,11-13H,3-6,9-10H2,1-2H3,(H,29,30)(H,23,24,25). The molecule has 0 saturated carbocycles. The lowest BCUT2D eigenvalue weighted by Gasteiger charge is -2.14. The molecule has 1 aliphatic carbocycles. The lowest BCUT2D eigenvalue weighted by atomic mass is 10.1. The van der Waals surface area contributed by atoms with E-state index >= 15 is 0 Å². The number of benzene rings is 1. The van der Waals surface area contributed by atoms with Gasteiger partial charge in [0.05, 0.1) is 5.39 Å². The summed E-state index contributed by atoms with van der Waals surface area (Å²) in [5.41, 5.74) is 2.90. The summed E-state index contributed by atoms with van der Waals surface area (Å²) in [4.78, 5) is 35.2. The van der Waals surface area contributed by atoms with E-state index < -0.39 is 11.4 Å². The van der Waals surface area contributed by atoms with E-state index in [1.54, 1.807) is 4.57 Å². The molecule has 1 aromatic carbocycles. The van der Waals surface area contributed by atoms with Gasteiger partial charge in [-0.25, -0.2) is 9.78 Å². The number of aryl methyl sites for hydroxylation is 2. The lowest BCUT2D eigenvalue weighted by Crippen LogP contribution is -2.20. The van der Waals surface area contributed by atoms with Gasteiger partial charge in [0.25, 0.3) is 0 Å². The molecule has 0 fully saturated rings. The Morgan fingerprint density at radius 2 is 2.07 bits per heavy atom. The minimum Gasteiger partial charge on any atom is -0.477 e. The average Bonchev–Trinajstić information content (AvgIpc) is 3.19. The van der Waals surface area contributed by atoms with Crippen LogP contribution in [0, 0.1) is 0 Å². The molecule has 0 amide bonds. The number of pyridine rings is 1. The van der Waals surface area contributed by atoms with Crippen LogP contribution in [-0.4, -0.2) is 57.7 Å². The number of aromatic carboxylic acids is 1. The fourth-order valence-electron chi connectivity index (χ4n) is 3.85. The van der Waals surface area contributed by atoms with E-state index in [2.05, 4.69) is 32.3 Å². The van der Waals surface area contributed by atoms with Gasteiger partial charge in [-0.3, -0.25) is 4.79 Å². The molecule has 30 heavy (non-hydrogen) atoms. The molecule has 0 bridgehead atoms. The second-order valence-corrected chi connectivity index (χ2v) is 7.87. The third-order valence-corrected chi connectivity index (χ3v) is 5.40. The summed E-state index contributed by atoms with van der Waals surface area (Å²) >= 11 is 0. The predicted molar refractivity (Wildman–Crippen MR) is 116 cm³/mol.